The first kappa shape index (κ1) is 40.3. The molecule has 2 aliphatic rings. The molecule has 0 unspecified atom stereocenters. The summed E-state index contributed by atoms with van der Waals surface area (Å²) in [5, 5.41) is 7.15. The van der Waals surface area contributed by atoms with Crippen LogP contribution in [0, 0.1) is 6.57 Å². The van der Waals surface area contributed by atoms with Crippen LogP contribution in [0.2, 0.25) is 0 Å². The summed E-state index contributed by atoms with van der Waals surface area (Å²) in [4.78, 5) is 16.3. The Balaban J connectivity index is 0.846. The van der Waals surface area contributed by atoms with E-state index in [4.69, 9.17) is 16.5 Å². The quantitative estimate of drug-likeness (QED) is 0.165. The lowest BCUT2D eigenvalue weighted by atomic mass is 9.67. The largest absolute Gasteiger partial charge is 0.309 e. The van der Waals surface area contributed by atoms with Gasteiger partial charge in [0.05, 0.1) is 56.5 Å². The highest BCUT2D eigenvalue weighted by Gasteiger charge is 2.51. The Hall–Kier alpha value is -9.48. The van der Waals surface area contributed by atoms with Gasteiger partial charge in [0.25, 0.3) is 0 Å². The summed E-state index contributed by atoms with van der Waals surface area (Å²) in [5.41, 5.74) is 19.1. The summed E-state index contributed by atoms with van der Waals surface area (Å²) in [6, 6.07) is 79.4. The van der Waals surface area contributed by atoms with E-state index in [1.54, 1.807) is 0 Å². The van der Waals surface area contributed by atoms with Crippen molar-refractivity contribution in [3.8, 4) is 39.6 Å². The monoisotopic (exact) mass is 946 g/mol. The second-order valence-electron chi connectivity index (χ2n) is 19.2. The van der Waals surface area contributed by atoms with E-state index in [0.29, 0.717) is 5.69 Å². The molecule has 14 aromatic rings. The first-order chi connectivity index (χ1) is 36.2. The Labute approximate surface area is 423 Å². The number of pyridine rings is 2. The Morgan fingerprint density at radius 2 is 0.822 bits per heavy atom. The van der Waals surface area contributed by atoms with Crippen LogP contribution in [0.25, 0.3) is 110 Å². The van der Waals surface area contributed by atoms with Crippen molar-refractivity contribution in [2.24, 2.45) is 0 Å². The van der Waals surface area contributed by atoms with E-state index in [1.165, 1.54) is 70.1 Å². The average molecular weight is 947 g/mol. The van der Waals surface area contributed by atoms with Gasteiger partial charge in [-0.05, 0) is 148 Å². The van der Waals surface area contributed by atoms with E-state index in [9.17, 15) is 0 Å². The number of fused-ring (bicyclic) bond motifs is 18. The van der Waals surface area contributed by atoms with Crippen LogP contribution in [0.1, 0.15) is 22.3 Å². The number of para-hydroxylation sites is 4. The van der Waals surface area contributed by atoms with Gasteiger partial charge >= 0.3 is 0 Å². The van der Waals surface area contributed by atoms with Gasteiger partial charge in [0, 0.05) is 66.2 Å². The summed E-state index contributed by atoms with van der Waals surface area (Å²) in [7, 11) is 0. The average Bonchev–Trinajstić information content (AvgIpc) is 4.21. The maximum absolute atomic E-state index is 7.79. The standard InChI is InChI=1S/C66H38N6S/c1-67-42-24-32-61-51(38-42)49-15-5-9-21-59(49)72(61)45-29-33-62-55(39-45)66(53-16-10-34-68-64(53)65-54(66)17-11-35-69-65)52-30-22-41(37-63(52)73-62)40-23-31-60-50(36-40)48-14-4-8-20-58(48)71(60)44-27-25-43(26-28-44)70-56-18-6-2-12-46(56)47-13-3-7-19-57(47)70/h2-39H. The van der Waals surface area contributed by atoms with Gasteiger partial charge in [0.1, 0.15) is 0 Å². The first-order valence-corrected chi connectivity index (χ1v) is 25.4. The molecule has 5 aromatic heterocycles. The molecule has 16 rings (SSSR count). The fraction of sp³-hybridized carbons (Fsp3) is 0.0152. The van der Waals surface area contributed by atoms with Crippen molar-refractivity contribution in [1.82, 2.24) is 23.7 Å². The molecule has 0 saturated carbocycles. The van der Waals surface area contributed by atoms with Gasteiger partial charge in [-0.3, -0.25) is 9.97 Å². The molecule has 0 fully saturated rings. The predicted octanol–water partition coefficient (Wildman–Crippen LogP) is 16.8. The van der Waals surface area contributed by atoms with E-state index >= 15 is 0 Å². The Bertz CT molecular complexity index is 4640. The maximum Gasteiger partial charge on any atom is 0.188 e. The van der Waals surface area contributed by atoms with Gasteiger partial charge in [-0.2, -0.15) is 0 Å². The fourth-order valence-electron chi connectivity index (χ4n) is 12.6. The summed E-state index contributed by atoms with van der Waals surface area (Å²) in [5.74, 6) is 0. The van der Waals surface area contributed by atoms with E-state index in [1.807, 2.05) is 36.3 Å². The van der Waals surface area contributed by atoms with Crippen LogP contribution in [0.4, 0.5) is 5.69 Å². The number of aromatic nitrogens is 5. The summed E-state index contributed by atoms with van der Waals surface area (Å²) >= 11 is 1.84. The van der Waals surface area contributed by atoms with Crippen LogP contribution >= 0.6 is 11.8 Å². The zero-order valence-electron chi connectivity index (χ0n) is 39.0. The Morgan fingerprint density at radius 1 is 0.356 bits per heavy atom. The van der Waals surface area contributed by atoms with Crippen LogP contribution in [0.15, 0.2) is 241 Å². The molecular weight excluding hydrogens is 909 g/mol. The van der Waals surface area contributed by atoms with Crippen LogP contribution in [0.3, 0.4) is 0 Å². The lowest BCUT2D eigenvalue weighted by Crippen LogP contribution is -2.32. The molecule has 1 aliphatic carbocycles. The van der Waals surface area contributed by atoms with E-state index in [-0.39, 0.29) is 0 Å². The summed E-state index contributed by atoms with van der Waals surface area (Å²) in [6.45, 7) is 7.79. The van der Waals surface area contributed by atoms with E-state index < -0.39 is 5.41 Å². The topological polar surface area (TPSA) is 44.9 Å². The van der Waals surface area contributed by atoms with Crippen molar-refractivity contribution in [3.63, 3.8) is 0 Å². The number of benzene rings is 9. The smallest absolute Gasteiger partial charge is 0.188 e. The number of nitrogens with zero attached hydrogens (tertiary/aromatic N) is 6. The van der Waals surface area contributed by atoms with E-state index in [2.05, 4.69) is 225 Å². The lowest BCUT2D eigenvalue weighted by molar-refractivity contribution is 0.718. The van der Waals surface area contributed by atoms with Gasteiger partial charge in [0.15, 0.2) is 5.69 Å². The highest BCUT2D eigenvalue weighted by molar-refractivity contribution is 7.99. The highest BCUT2D eigenvalue weighted by atomic mass is 32.2. The SMILES string of the molecule is [C-]#[N+]c1ccc2c(c1)c1ccccc1n2-c1ccc2c(c1)C1(c3ccc(-c4ccc5c(c4)c4ccccc4n5-c4ccc(-n5c6ccccc6c6ccccc65)cc4)cc3S2)c2cccnc2-c2ncccc21. The minimum absolute atomic E-state index is 0.635. The molecule has 73 heavy (non-hydrogen) atoms. The molecule has 7 heteroatoms. The molecule has 0 amide bonds. The minimum atomic E-state index is -0.678. The van der Waals surface area contributed by atoms with E-state index in [0.717, 1.165) is 66.9 Å². The zero-order chi connectivity index (χ0) is 47.9. The minimum Gasteiger partial charge on any atom is -0.309 e. The van der Waals surface area contributed by atoms with Crippen LogP contribution < -0.4 is 0 Å². The fourth-order valence-corrected chi connectivity index (χ4v) is 13.8. The van der Waals surface area contributed by atoms with Crippen LogP contribution in [-0.4, -0.2) is 23.7 Å². The third-order valence-electron chi connectivity index (χ3n) is 15.6. The lowest BCUT2D eigenvalue weighted by Gasteiger charge is -2.39. The summed E-state index contributed by atoms with van der Waals surface area (Å²) in [6.07, 6.45) is 3.78. The molecule has 0 bridgehead atoms. The number of rotatable bonds is 4. The van der Waals surface area contributed by atoms with Crippen LogP contribution in [-0.2, 0) is 5.41 Å². The molecular formula is C66H38N6S. The highest BCUT2D eigenvalue weighted by Crippen LogP contribution is 2.62. The van der Waals surface area contributed by atoms with Crippen molar-refractivity contribution in [2.75, 3.05) is 0 Å². The van der Waals surface area contributed by atoms with Gasteiger partial charge in [-0.1, -0.05) is 121 Å². The second kappa shape index (κ2) is 15.0. The zero-order valence-corrected chi connectivity index (χ0v) is 39.8. The molecule has 1 spiro atoms. The summed E-state index contributed by atoms with van der Waals surface area (Å²) < 4.78 is 7.14. The van der Waals surface area contributed by atoms with Crippen molar-refractivity contribution >= 4 is 82.9 Å². The van der Waals surface area contributed by atoms with Gasteiger partial charge in [-0.15, -0.1) is 0 Å². The third-order valence-corrected chi connectivity index (χ3v) is 16.7. The molecule has 338 valence electrons. The van der Waals surface area contributed by atoms with Crippen molar-refractivity contribution in [1.29, 1.82) is 0 Å². The molecule has 6 nitrogen and oxygen atoms in total. The second-order valence-corrected chi connectivity index (χ2v) is 20.3. The van der Waals surface area contributed by atoms with Crippen molar-refractivity contribution < 1.29 is 0 Å². The molecule has 0 saturated heterocycles. The molecule has 1 aliphatic heterocycles. The van der Waals surface area contributed by atoms with Crippen LogP contribution in [0.5, 0.6) is 0 Å². The van der Waals surface area contributed by atoms with Crippen molar-refractivity contribution in [2.45, 2.75) is 15.2 Å². The molecule has 0 radical (unpaired) electrons. The number of hydrogen-bond donors (Lipinski definition) is 0. The number of hydrogen-bond acceptors (Lipinski definition) is 3. The third kappa shape index (κ3) is 5.47. The van der Waals surface area contributed by atoms with Crippen molar-refractivity contribution in [3.05, 3.63) is 264 Å². The Kier molecular flexibility index (Phi) is 8.28. The molecule has 0 atom stereocenters. The van der Waals surface area contributed by atoms with Gasteiger partial charge < -0.3 is 13.7 Å². The molecule has 0 N–H and O–H groups in total. The maximum atomic E-state index is 7.79. The predicted molar refractivity (Wildman–Crippen MR) is 298 cm³/mol. The van der Waals surface area contributed by atoms with Gasteiger partial charge in [-0.25, -0.2) is 4.85 Å². The first-order valence-electron chi connectivity index (χ1n) is 24.6. The normalized spacial score (nSPS) is 13.2. The Morgan fingerprint density at radius 3 is 1.40 bits per heavy atom. The van der Waals surface area contributed by atoms with Gasteiger partial charge in [0.2, 0.25) is 0 Å². The molecule has 6 heterocycles. The molecule has 9 aromatic carbocycles.